The van der Waals surface area contributed by atoms with E-state index in [-0.39, 0.29) is 11.1 Å². The van der Waals surface area contributed by atoms with Gasteiger partial charge in [0.1, 0.15) is 6.10 Å². The maximum absolute atomic E-state index is 6.20. The first-order valence-corrected chi connectivity index (χ1v) is 11.4. The topological polar surface area (TPSA) is 9.23 Å². The van der Waals surface area contributed by atoms with Gasteiger partial charge in [0.2, 0.25) is 0 Å². The van der Waals surface area contributed by atoms with Gasteiger partial charge in [0.25, 0.3) is 0 Å². The summed E-state index contributed by atoms with van der Waals surface area (Å²) in [7, 11) is -1.80. The standard InChI is InChI=1S/C20H34OSi/c1-8-10-11-12-13-14-15-16-17-18-19(9-2)21-22(6,7)20(3,4)5/h9,19H,2,8,10-14H2,1,3-7H3. The van der Waals surface area contributed by atoms with Crippen molar-refractivity contribution in [1.82, 2.24) is 0 Å². The summed E-state index contributed by atoms with van der Waals surface area (Å²) in [5.74, 6) is 12.1. The largest absolute Gasteiger partial charge is 0.400 e. The highest BCUT2D eigenvalue weighted by atomic mass is 28.4. The Kier molecular flexibility index (Phi) is 10.2. The van der Waals surface area contributed by atoms with Crippen LogP contribution in [-0.2, 0) is 4.43 Å². The third-order valence-electron chi connectivity index (χ3n) is 4.21. The first-order chi connectivity index (χ1) is 10.2. The molecule has 0 saturated heterocycles. The van der Waals surface area contributed by atoms with Crippen molar-refractivity contribution in [3.05, 3.63) is 12.7 Å². The van der Waals surface area contributed by atoms with Gasteiger partial charge in [0.15, 0.2) is 8.32 Å². The minimum absolute atomic E-state index is 0.181. The fourth-order valence-electron chi connectivity index (χ4n) is 1.66. The molecular weight excluding hydrogens is 284 g/mol. The molecule has 0 aliphatic rings. The Hall–Kier alpha value is -0.963. The molecule has 1 atom stereocenters. The lowest BCUT2D eigenvalue weighted by Crippen LogP contribution is -2.43. The van der Waals surface area contributed by atoms with Crippen LogP contribution in [0.2, 0.25) is 18.1 Å². The summed E-state index contributed by atoms with van der Waals surface area (Å²) in [4.78, 5) is 0. The molecule has 2 heteroatoms. The van der Waals surface area contributed by atoms with Crippen molar-refractivity contribution >= 4 is 8.32 Å². The van der Waals surface area contributed by atoms with E-state index in [9.17, 15) is 0 Å². The molecule has 124 valence electrons. The summed E-state index contributed by atoms with van der Waals surface area (Å²) in [6.07, 6.45) is 8.91. The van der Waals surface area contributed by atoms with E-state index in [0.717, 1.165) is 6.42 Å². The van der Waals surface area contributed by atoms with E-state index in [1.54, 1.807) is 6.08 Å². The monoisotopic (exact) mass is 318 g/mol. The van der Waals surface area contributed by atoms with Crippen LogP contribution in [0.4, 0.5) is 0 Å². The van der Waals surface area contributed by atoms with E-state index < -0.39 is 8.32 Å². The highest BCUT2D eigenvalue weighted by molar-refractivity contribution is 6.74. The lowest BCUT2D eigenvalue weighted by Gasteiger charge is -2.37. The quantitative estimate of drug-likeness (QED) is 0.233. The van der Waals surface area contributed by atoms with Gasteiger partial charge < -0.3 is 4.43 Å². The fraction of sp³-hybridized carbons (Fsp3) is 0.700. The van der Waals surface area contributed by atoms with Crippen LogP contribution in [0, 0.1) is 23.7 Å². The van der Waals surface area contributed by atoms with Crippen molar-refractivity contribution in [2.45, 2.75) is 90.5 Å². The van der Waals surface area contributed by atoms with Gasteiger partial charge in [0, 0.05) is 6.42 Å². The summed E-state index contributed by atoms with van der Waals surface area (Å²) >= 11 is 0. The molecule has 0 radical (unpaired) electrons. The molecule has 0 aromatic rings. The van der Waals surface area contributed by atoms with Crippen molar-refractivity contribution in [1.29, 1.82) is 0 Å². The summed E-state index contributed by atoms with van der Waals surface area (Å²) in [5, 5.41) is 0.181. The fourth-order valence-corrected chi connectivity index (χ4v) is 2.81. The second-order valence-electron chi connectivity index (χ2n) is 7.27. The van der Waals surface area contributed by atoms with Crippen LogP contribution < -0.4 is 0 Å². The van der Waals surface area contributed by atoms with E-state index in [0.29, 0.717) is 0 Å². The van der Waals surface area contributed by atoms with E-state index in [4.69, 9.17) is 4.43 Å². The van der Waals surface area contributed by atoms with E-state index >= 15 is 0 Å². The van der Waals surface area contributed by atoms with Gasteiger partial charge >= 0.3 is 0 Å². The number of unbranched alkanes of at least 4 members (excludes halogenated alkanes) is 5. The molecule has 0 fully saturated rings. The summed E-state index contributed by atoms with van der Waals surface area (Å²) in [5.41, 5.74) is 0. The second kappa shape index (κ2) is 10.7. The average Bonchev–Trinajstić information content (AvgIpc) is 2.42. The van der Waals surface area contributed by atoms with Crippen LogP contribution in [0.15, 0.2) is 12.7 Å². The van der Waals surface area contributed by atoms with Crippen LogP contribution >= 0.6 is 0 Å². The first-order valence-electron chi connectivity index (χ1n) is 8.53. The lowest BCUT2D eigenvalue weighted by atomic mass is 10.1. The van der Waals surface area contributed by atoms with Gasteiger partial charge in [-0.25, -0.2) is 0 Å². The van der Waals surface area contributed by atoms with Crippen molar-refractivity contribution < 1.29 is 4.43 Å². The van der Waals surface area contributed by atoms with Gasteiger partial charge in [-0.1, -0.05) is 77.9 Å². The molecule has 0 rings (SSSR count). The third-order valence-corrected chi connectivity index (χ3v) is 8.67. The van der Waals surface area contributed by atoms with Crippen molar-refractivity contribution in [2.24, 2.45) is 0 Å². The molecule has 0 aliphatic heterocycles. The normalized spacial score (nSPS) is 12.6. The zero-order valence-electron chi connectivity index (χ0n) is 15.5. The molecule has 0 heterocycles. The van der Waals surface area contributed by atoms with Crippen LogP contribution in [0.3, 0.4) is 0 Å². The highest BCUT2D eigenvalue weighted by Gasteiger charge is 2.38. The third kappa shape index (κ3) is 9.14. The predicted molar refractivity (Wildman–Crippen MR) is 101 cm³/mol. The molecule has 0 spiro atoms. The SMILES string of the molecule is C=CC(C#CC#CCCCCCCC)O[Si](C)(C)C(C)(C)C. The number of rotatable bonds is 8. The molecule has 0 amide bonds. The maximum Gasteiger partial charge on any atom is 0.194 e. The smallest absolute Gasteiger partial charge is 0.194 e. The van der Waals surface area contributed by atoms with Gasteiger partial charge in [-0.05, 0) is 36.4 Å². The molecule has 1 nitrogen and oxygen atoms in total. The Bertz CT molecular complexity index is 434. The molecule has 0 aliphatic carbocycles. The molecule has 0 N–H and O–H groups in total. The summed E-state index contributed by atoms with van der Waals surface area (Å²) < 4.78 is 6.20. The van der Waals surface area contributed by atoms with Gasteiger partial charge in [0.05, 0.1) is 0 Å². The highest BCUT2D eigenvalue weighted by Crippen LogP contribution is 2.37. The Morgan fingerprint density at radius 3 is 2.27 bits per heavy atom. The van der Waals surface area contributed by atoms with Gasteiger partial charge in [-0.2, -0.15) is 0 Å². The molecule has 0 aromatic carbocycles. The van der Waals surface area contributed by atoms with Crippen molar-refractivity contribution in [3.8, 4) is 23.7 Å². The van der Waals surface area contributed by atoms with Crippen molar-refractivity contribution in [3.63, 3.8) is 0 Å². The summed E-state index contributed by atoms with van der Waals surface area (Å²) in [6, 6.07) is 0. The molecule has 0 bridgehead atoms. The van der Waals surface area contributed by atoms with E-state index in [1.165, 1.54) is 32.1 Å². The maximum atomic E-state index is 6.20. The molecule has 0 saturated carbocycles. The molecule has 22 heavy (non-hydrogen) atoms. The zero-order valence-corrected chi connectivity index (χ0v) is 16.5. The predicted octanol–water partition coefficient (Wildman–Crippen LogP) is 5.93. The van der Waals surface area contributed by atoms with Crippen LogP contribution in [-0.4, -0.2) is 14.4 Å². The lowest BCUT2D eigenvalue weighted by molar-refractivity contribution is 0.276. The summed E-state index contributed by atoms with van der Waals surface area (Å²) in [6.45, 7) is 17.2. The van der Waals surface area contributed by atoms with E-state index in [2.05, 4.69) is 71.0 Å². The van der Waals surface area contributed by atoms with Crippen LogP contribution in [0.5, 0.6) is 0 Å². The first kappa shape index (κ1) is 21.0. The Morgan fingerprint density at radius 1 is 1.09 bits per heavy atom. The molecule has 0 aromatic heterocycles. The van der Waals surface area contributed by atoms with Gasteiger partial charge in [-0.3, -0.25) is 0 Å². The Balaban J connectivity index is 4.29. The molecular formula is C20H34OSi. The number of hydrogen-bond donors (Lipinski definition) is 0. The van der Waals surface area contributed by atoms with Crippen LogP contribution in [0.1, 0.15) is 66.2 Å². The van der Waals surface area contributed by atoms with Gasteiger partial charge in [-0.15, -0.1) is 0 Å². The number of hydrogen-bond acceptors (Lipinski definition) is 1. The van der Waals surface area contributed by atoms with Crippen molar-refractivity contribution in [2.75, 3.05) is 0 Å². The average molecular weight is 319 g/mol. The van der Waals surface area contributed by atoms with E-state index in [1.807, 2.05) is 0 Å². The molecule has 1 unspecified atom stereocenters. The van der Waals surface area contributed by atoms with Crippen LogP contribution in [0.25, 0.3) is 0 Å². The minimum Gasteiger partial charge on any atom is -0.400 e. The Labute approximate surface area is 140 Å². The zero-order chi connectivity index (χ0) is 17.1. The Morgan fingerprint density at radius 2 is 1.73 bits per heavy atom. The minimum atomic E-state index is -1.80. The second-order valence-corrected chi connectivity index (χ2v) is 12.0.